The monoisotopic (exact) mass is 183 g/mol. The summed E-state index contributed by atoms with van der Waals surface area (Å²) in [7, 11) is 0. The van der Waals surface area contributed by atoms with Gasteiger partial charge in [-0.05, 0) is 12.1 Å². The molecule has 0 unspecified atom stereocenters. The van der Waals surface area contributed by atoms with Crippen molar-refractivity contribution < 1.29 is 4.39 Å². The van der Waals surface area contributed by atoms with E-state index >= 15 is 0 Å². The molecule has 0 atom stereocenters. The molecular weight excluding hydrogens is 177 g/mol. The van der Waals surface area contributed by atoms with Crippen molar-refractivity contribution >= 4 is 11.6 Å². The normalized spacial score (nSPS) is 8.92. The first-order valence-electron chi connectivity index (χ1n) is 3.38. The number of nitrogens with two attached hydrogens (primary N) is 1. The van der Waals surface area contributed by atoms with Crippen LogP contribution in [0.2, 0.25) is 5.02 Å². The molecule has 0 aliphatic heterocycles. The fraction of sp³-hybridized carbons (Fsp3) is 0.111. The lowest BCUT2D eigenvalue weighted by Crippen LogP contribution is -1.94. The molecule has 0 saturated heterocycles. The highest BCUT2D eigenvalue weighted by molar-refractivity contribution is 6.31. The van der Waals surface area contributed by atoms with Gasteiger partial charge in [-0.3, -0.25) is 0 Å². The molecule has 0 aromatic heterocycles. The van der Waals surface area contributed by atoms with Crippen molar-refractivity contribution in [2.75, 3.05) is 6.54 Å². The Morgan fingerprint density at radius 3 is 2.83 bits per heavy atom. The number of hydrogen-bond donors (Lipinski definition) is 1. The maximum Gasteiger partial charge on any atom is 0.140 e. The summed E-state index contributed by atoms with van der Waals surface area (Å²) in [6.07, 6.45) is 0. The molecule has 12 heavy (non-hydrogen) atoms. The van der Waals surface area contributed by atoms with E-state index in [-0.39, 0.29) is 12.1 Å². The van der Waals surface area contributed by atoms with Crippen molar-refractivity contribution in [3.8, 4) is 11.8 Å². The summed E-state index contributed by atoms with van der Waals surface area (Å²) in [4.78, 5) is 0. The summed E-state index contributed by atoms with van der Waals surface area (Å²) in [5.41, 5.74) is 5.35. The molecule has 0 spiro atoms. The first-order chi connectivity index (χ1) is 5.75. The second kappa shape index (κ2) is 4.10. The van der Waals surface area contributed by atoms with E-state index in [0.717, 1.165) is 0 Å². The van der Waals surface area contributed by atoms with Crippen molar-refractivity contribution in [1.82, 2.24) is 0 Å². The quantitative estimate of drug-likeness (QED) is 0.610. The first kappa shape index (κ1) is 9.05. The highest BCUT2D eigenvalue weighted by atomic mass is 35.5. The molecule has 0 fully saturated rings. The minimum absolute atomic E-state index is 0.199. The SMILES string of the molecule is NCC#Cc1c(F)cccc1Cl. The molecule has 1 rings (SSSR count). The van der Waals surface area contributed by atoms with Crippen LogP contribution in [0.5, 0.6) is 0 Å². The van der Waals surface area contributed by atoms with E-state index in [9.17, 15) is 4.39 Å². The molecule has 1 aromatic rings. The van der Waals surface area contributed by atoms with Crippen LogP contribution in [-0.2, 0) is 0 Å². The molecular formula is C9H7ClFN. The smallest absolute Gasteiger partial charge is 0.140 e. The van der Waals surface area contributed by atoms with E-state index in [1.54, 1.807) is 6.07 Å². The third kappa shape index (κ3) is 1.97. The molecule has 1 aromatic carbocycles. The van der Waals surface area contributed by atoms with E-state index in [0.29, 0.717) is 5.02 Å². The summed E-state index contributed by atoms with van der Waals surface area (Å²) in [5, 5.41) is 0.316. The van der Waals surface area contributed by atoms with Crippen molar-refractivity contribution in [2.45, 2.75) is 0 Å². The summed E-state index contributed by atoms with van der Waals surface area (Å²) in [5.74, 6) is 4.69. The third-order valence-electron chi connectivity index (χ3n) is 1.28. The zero-order valence-electron chi connectivity index (χ0n) is 6.27. The highest BCUT2D eigenvalue weighted by Gasteiger charge is 2.01. The predicted octanol–water partition coefficient (Wildman–Crippen LogP) is 1.79. The highest BCUT2D eigenvalue weighted by Crippen LogP contribution is 2.17. The summed E-state index contributed by atoms with van der Waals surface area (Å²) >= 11 is 5.68. The zero-order chi connectivity index (χ0) is 8.97. The lowest BCUT2D eigenvalue weighted by Gasteiger charge is -1.95. The number of halogens is 2. The Balaban J connectivity index is 3.13. The fourth-order valence-electron chi connectivity index (χ4n) is 0.757. The minimum Gasteiger partial charge on any atom is -0.320 e. The topological polar surface area (TPSA) is 26.0 Å². The number of rotatable bonds is 0. The average molecular weight is 184 g/mol. The van der Waals surface area contributed by atoms with Crippen molar-refractivity contribution in [3.63, 3.8) is 0 Å². The van der Waals surface area contributed by atoms with Crippen LogP contribution in [0, 0.1) is 17.7 Å². The third-order valence-corrected chi connectivity index (χ3v) is 1.59. The Labute approximate surface area is 75.3 Å². The first-order valence-corrected chi connectivity index (χ1v) is 3.76. The van der Waals surface area contributed by atoms with Gasteiger partial charge in [0, 0.05) is 0 Å². The van der Waals surface area contributed by atoms with Crippen molar-refractivity contribution in [2.24, 2.45) is 5.73 Å². The van der Waals surface area contributed by atoms with Crippen LogP contribution in [0.15, 0.2) is 18.2 Å². The van der Waals surface area contributed by atoms with Gasteiger partial charge in [0.15, 0.2) is 0 Å². The Kier molecular flexibility index (Phi) is 3.09. The van der Waals surface area contributed by atoms with Crippen molar-refractivity contribution in [1.29, 1.82) is 0 Å². The van der Waals surface area contributed by atoms with Gasteiger partial charge in [0.05, 0.1) is 17.1 Å². The Hall–Kier alpha value is -1.04. The Morgan fingerprint density at radius 1 is 1.50 bits per heavy atom. The maximum absolute atomic E-state index is 12.9. The van der Waals surface area contributed by atoms with Crippen LogP contribution >= 0.6 is 11.6 Å². The zero-order valence-corrected chi connectivity index (χ0v) is 7.03. The fourth-order valence-corrected chi connectivity index (χ4v) is 0.967. The Morgan fingerprint density at radius 2 is 2.25 bits per heavy atom. The van der Waals surface area contributed by atoms with Crippen LogP contribution in [0.25, 0.3) is 0 Å². The molecule has 62 valence electrons. The van der Waals surface area contributed by atoms with Gasteiger partial charge in [-0.1, -0.05) is 29.5 Å². The van der Waals surface area contributed by atoms with Gasteiger partial charge < -0.3 is 5.73 Å². The van der Waals surface area contributed by atoms with Gasteiger partial charge in [-0.25, -0.2) is 4.39 Å². The van der Waals surface area contributed by atoms with Gasteiger partial charge >= 0.3 is 0 Å². The lowest BCUT2D eigenvalue weighted by molar-refractivity contribution is 0.624. The van der Waals surface area contributed by atoms with Crippen LogP contribution in [0.1, 0.15) is 5.56 Å². The van der Waals surface area contributed by atoms with Crippen LogP contribution < -0.4 is 5.73 Å². The summed E-state index contributed by atoms with van der Waals surface area (Å²) in [6, 6.07) is 4.43. The minimum atomic E-state index is -0.413. The molecule has 0 heterocycles. The number of benzene rings is 1. The van der Waals surface area contributed by atoms with Crippen LogP contribution in [0.4, 0.5) is 4.39 Å². The average Bonchev–Trinajstić information content (AvgIpc) is 2.04. The largest absolute Gasteiger partial charge is 0.320 e. The van der Waals surface area contributed by atoms with E-state index in [1.807, 2.05) is 0 Å². The van der Waals surface area contributed by atoms with Gasteiger partial charge in [0.1, 0.15) is 5.82 Å². The van der Waals surface area contributed by atoms with Gasteiger partial charge in [-0.2, -0.15) is 0 Å². The molecule has 2 N–H and O–H groups in total. The molecule has 0 amide bonds. The molecule has 3 heteroatoms. The van der Waals surface area contributed by atoms with Crippen LogP contribution in [0.3, 0.4) is 0 Å². The summed E-state index contributed by atoms with van der Waals surface area (Å²) in [6.45, 7) is 0.199. The van der Waals surface area contributed by atoms with Gasteiger partial charge in [-0.15, -0.1) is 0 Å². The van der Waals surface area contributed by atoms with E-state index in [4.69, 9.17) is 17.3 Å². The number of hydrogen-bond acceptors (Lipinski definition) is 1. The maximum atomic E-state index is 12.9. The van der Waals surface area contributed by atoms with Crippen LogP contribution in [-0.4, -0.2) is 6.54 Å². The van der Waals surface area contributed by atoms with Gasteiger partial charge in [0.25, 0.3) is 0 Å². The molecule has 0 aliphatic carbocycles. The van der Waals surface area contributed by atoms with Crippen molar-refractivity contribution in [3.05, 3.63) is 34.6 Å². The standard InChI is InChI=1S/C9H7ClFN/c10-8-4-1-5-9(11)7(8)3-2-6-12/h1,4-5H,6,12H2. The molecule has 0 radical (unpaired) electrons. The molecule has 0 saturated carbocycles. The van der Waals surface area contributed by atoms with E-state index in [1.165, 1.54) is 12.1 Å². The lowest BCUT2D eigenvalue weighted by atomic mass is 10.2. The summed E-state index contributed by atoms with van der Waals surface area (Å²) < 4.78 is 12.9. The Bertz CT molecular complexity index is 318. The van der Waals surface area contributed by atoms with Gasteiger partial charge in [0.2, 0.25) is 0 Å². The van der Waals surface area contributed by atoms with E-state index in [2.05, 4.69) is 11.8 Å². The second-order valence-corrected chi connectivity index (χ2v) is 2.51. The second-order valence-electron chi connectivity index (χ2n) is 2.10. The molecule has 0 bridgehead atoms. The predicted molar refractivity (Wildman–Crippen MR) is 47.3 cm³/mol. The molecule has 1 nitrogen and oxygen atoms in total. The molecule has 0 aliphatic rings. The van der Waals surface area contributed by atoms with E-state index < -0.39 is 5.82 Å².